The van der Waals surface area contributed by atoms with E-state index in [-0.39, 0.29) is 0 Å². The lowest BCUT2D eigenvalue weighted by Crippen LogP contribution is -2.05. The van der Waals surface area contributed by atoms with E-state index in [1.807, 2.05) is 0 Å². The molecule has 1 fully saturated rings. The molecule has 0 spiro atoms. The van der Waals surface area contributed by atoms with E-state index in [9.17, 15) is 0 Å². The Bertz CT molecular complexity index is 326. The molecule has 0 unspecified atom stereocenters. The van der Waals surface area contributed by atoms with Crippen LogP contribution < -0.4 is 10.1 Å². The topological polar surface area (TPSA) is 47.0 Å². The van der Waals surface area contributed by atoms with Gasteiger partial charge in [0.1, 0.15) is 5.82 Å². The van der Waals surface area contributed by atoms with Gasteiger partial charge in [0, 0.05) is 6.54 Å². The molecule has 0 amide bonds. The van der Waals surface area contributed by atoms with Crippen LogP contribution in [0, 0.1) is 5.92 Å². The van der Waals surface area contributed by atoms with Crippen LogP contribution in [0.25, 0.3) is 0 Å². The minimum Gasteiger partial charge on any atom is -0.477 e. The van der Waals surface area contributed by atoms with E-state index < -0.39 is 0 Å². The van der Waals surface area contributed by atoms with Crippen LogP contribution >= 0.6 is 0 Å². The van der Waals surface area contributed by atoms with E-state index in [4.69, 9.17) is 4.74 Å². The Balaban J connectivity index is 1.77. The fourth-order valence-corrected chi connectivity index (χ4v) is 1.49. The second kappa shape index (κ2) is 5.68. The van der Waals surface area contributed by atoms with Gasteiger partial charge in [0.05, 0.1) is 19.0 Å². The highest BCUT2D eigenvalue weighted by atomic mass is 16.5. The molecule has 2 rings (SSSR count). The van der Waals surface area contributed by atoms with Crippen molar-refractivity contribution in [3.8, 4) is 5.88 Å². The third kappa shape index (κ3) is 3.68. The summed E-state index contributed by atoms with van der Waals surface area (Å²) in [7, 11) is 0. The summed E-state index contributed by atoms with van der Waals surface area (Å²) in [6.07, 6.45) is 8.36. The first-order chi connectivity index (χ1) is 7.88. The summed E-state index contributed by atoms with van der Waals surface area (Å²) in [5.74, 6) is 2.32. The summed E-state index contributed by atoms with van der Waals surface area (Å²) in [5.41, 5.74) is 0. The molecule has 0 aromatic carbocycles. The molecule has 1 aromatic heterocycles. The van der Waals surface area contributed by atoms with Crippen LogP contribution in [-0.2, 0) is 0 Å². The van der Waals surface area contributed by atoms with Crippen LogP contribution in [0.2, 0.25) is 0 Å². The van der Waals surface area contributed by atoms with E-state index in [0.717, 1.165) is 37.7 Å². The lowest BCUT2D eigenvalue weighted by molar-refractivity contribution is 0.290. The Morgan fingerprint density at radius 2 is 2.31 bits per heavy atom. The molecule has 4 heteroatoms. The van der Waals surface area contributed by atoms with Gasteiger partial charge in [0.2, 0.25) is 5.88 Å². The molecule has 0 atom stereocenters. The first kappa shape index (κ1) is 11.2. The second-order valence-corrected chi connectivity index (χ2v) is 4.25. The zero-order chi connectivity index (χ0) is 11.2. The Hall–Kier alpha value is -1.32. The Labute approximate surface area is 96.4 Å². The molecule has 1 heterocycles. The molecule has 1 aromatic rings. The largest absolute Gasteiger partial charge is 0.477 e. The fraction of sp³-hybridized carbons (Fsp3) is 0.667. The van der Waals surface area contributed by atoms with Crippen LogP contribution in [0.3, 0.4) is 0 Å². The minimum atomic E-state index is 0.627. The molecule has 1 aliphatic carbocycles. The lowest BCUT2D eigenvalue weighted by atomic mass is 10.3. The van der Waals surface area contributed by atoms with Gasteiger partial charge < -0.3 is 10.1 Å². The lowest BCUT2D eigenvalue weighted by Gasteiger charge is -2.07. The SMILES string of the molecule is CCCNc1cncc(OCCC2CC2)n1. The molecule has 0 saturated heterocycles. The Morgan fingerprint density at radius 3 is 3.06 bits per heavy atom. The molecular weight excluding hydrogens is 202 g/mol. The van der Waals surface area contributed by atoms with Crippen LogP contribution in [0.1, 0.15) is 32.6 Å². The van der Waals surface area contributed by atoms with Crippen molar-refractivity contribution in [3.05, 3.63) is 12.4 Å². The molecule has 0 aliphatic heterocycles. The maximum Gasteiger partial charge on any atom is 0.234 e. The quantitative estimate of drug-likeness (QED) is 0.768. The van der Waals surface area contributed by atoms with Crippen molar-refractivity contribution < 1.29 is 4.74 Å². The molecule has 1 saturated carbocycles. The number of nitrogens with zero attached hydrogens (tertiary/aromatic N) is 2. The van der Waals surface area contributed by atoms with Crippen molar-refractivity contribution >= 4 is 5.82 Å². The van der Waals surface area contributed by atoms with Crippen molar-refractivity contribution in [2.75, 3.05) is 18.5 Å². The van der Waals surface area contributed by atoms with Gasteiger partial charge in [0.25, 0.3) is 0 Å². The average molecular weight is 221 g/mol. The van der Waals surface area contributed by atoms with Gasteiger partial charge >= 0.3 is 0 Å². The number of ether oxygens (including phenoxy) is 1. The van der Waals surface area contributed by atoms with Crippen molar-refractivity contribution in [1.29, 1.82) is 0 Å². The van der Waals surface area contributed by atoms with Crippen molar-refractivity contribution in [3.63, 3.8) is 0 Å². The number of nitrogens with one attached hydrogen (secondary N) is 1. The average Bonchev–Trinajstić information content (AvgIpc) is 3.11. The molecule has 16 heavy (non-hydrogen) atoms. The first-order valence-electron chi connectivity index (χ1n) is 6.07. The van der Waals surface area contributed by atoms with Crippen LogP contribution in [-0.4, -0.2) is 23.1 Å². The van der Waals surface area contributed by atoms with Crippen molar-refractivity contribution in [1.82, 2.24) is 9.97 Å². The van der Waals surface area contributed by atoms with E-state index in [1.54, 1.807) is 12.4 Å². The van der Waals surface area contributed by atoms with Crippen molar-refractivity contribution in [2.24, 2.45) is 5.92 Å². The summed E-state index contributed by atoms with van der Waals surface area (Å²) >= 11 is 0. The monoisotopic (exact) mass is 221 g/mol. The highest BCUT2D eigenvalue weighted by Crippen LogP contribution is 2.32. The molecule has 1 aliphatic rings. The number of hydrogen-bond donors (Lipinski definition) is 1. The zero-order valence-corrected chi connectivity index (χ0v) is 9.78. The predicted molar refractivity (Wildman–Crippen MR) is 63.6 cm³/mol. The summed E-state index contributed by atoms with van der Waals surface area (Å²) < 4.78 is 5.56. The van der Waals surface area contributed by atoms with Gasteiger partial charge in [-0.15, -0.1) is 0 Å². The summed E-state index contributed by atoms with van der Waals surface area (Å²) in [5, 5.41) is 3.19. The molecule has 0 bridgehead atoms. The molecule has 4 nitrogen and oxygen atoms in total. The van der Waals surface area contributed by atoms with Crippen LogP contribution in [0.4, 0.5) is 5.82 Å². The molecular formula is C12H19N3O. The number of hydrogen-bond acceptors (Lipinski definition) is 4. The summed E-state index contributed by atoms with van der Waals surface area (Å²) in [6.45, 7) is 3.80. The summed E-state index contributed by atoms with van der Waals surface area (Å²) in [4.78, 5) is 8.43. The third-order valence-corrected chi connectivity index (χ3v) is 2.64. The zero-order valence-electron chi connectivity index (χ0n) is 9.78. The molecule has 88 valence electrons. The van der Waals surface area contributed by atoms with E-state index in [0.29, 0.717) is 5.88 Å². The molecule has 0 radical (unpaired) electrons. The number of aromatic nitrogens is 2. The fourth-order valence-electron chi connectivity index (χ4n) is 1.49. The van der Waals surface area contributed by atoms with Crippen LogP contribution in [0.5, 0.6) is 5.88 Å². The standard InChI is InChI=1S/C12H19N3O/c1-2-6-14-11-8-13-9-12(15-11)16-7-5-10-3-4-10/h8-10H,2-7H2,1H3,(H,14,15). The first-order valence-corrected chi connectivity index (χ1v) is 6.07. The third-order valence-electron chi connectivity index (χ3n) is 2.64. The van der Waals surface area contributed by atoms with Crippen LogP contribution in [0.15, 0.2) is 12.4 Å². The van der Waals surface area contributed by atoms with E-state index in [2.05, 4.69) is 22.2 Å². The maximum atomic E-state index is 5.56. The highest BCUT2D eigenvalue weighted by Gasteiger charge is 2.20. The molecule has 1 N–H and O–H groups in total. The maximum absolute atomic E-state index is 5.56. The Morgan fingerprint density at radius 1 is 1.44 bits per heavy atom. The van der Waals surface area contributed by atoms with Gasteiger partial charge in [-0.3, -0.25) is 4.98 Å². The summed E-state index contributed by atoms with van der Waals surface area (Å²) in [6, 6.07) is 0. The minimum absolute atomic E-state index is 0.627. The van der Waals surface area contributed by atoms with Gasteiger partial charge in [-0.25, -0.2) is 0 Å². The second-order valence-electron chi connectivity index (χ2n) is 4.25. The number of anilines is 1. The van der Waals surface area contributed by atoms with E-state index in [1.165, 1.54) is 12.8 Å². The van der Waals surface area contributed by atoms with E-state index >= 15 is 0 Å². The van der Waals surface area contributed by atoms with Gasteiger partial charge in [-0.2, -0.15) is 4.98 Å². The highest BCUT2D eigenvalue weighted by molar-refractivity contribution is 5.32. The number of rotatable bonds is 7. The smallest absolute Gasteiger partial charge is 0.234 e. The van der Waals surface area contributed by atoms with Crippen molar-refractivity contribution in [2.45, 2.75) is 32.6 Å². The Kier molecular flexibility index (Phi) is 3.97. The predicted octanol–water partition coefficient (Wildman–Crippen LogP) is 2.48. The van der Waals surface area contributed by atoms with Gasteiger partial charge in [-0.1, -0.05) is 19.8 Å². The normalized spacial score (nSPS) is 14.8. The van der Waals surface area contributed by atoms with Gasteiger partial charge in [-0.05, 0) is 18.8 Å². The van der Waals surface area contributed by atoms with Gasteiger partial charge in [0.15, 0.2) is 0 Å².